The lowest BCUT2D eigenvalue weighted by atomic mass is 10.1. The number of rotatable bonds is 1. The highest BCUT2D eigenvalue weighted by molar-refractivity contribution is 6.11. The quantitative estimate of drug-likeness (QED) is 0.586. The number of imidazole rings is 1. The summed E-state index contributed by atoms with van der Waals surface area (Å²) in [5, 5.41) is 0.909. The van der Waals surface area contributed by atoms with E-state index in [2.05, 4.69) is 4.98 Å². The van der Waals surface area contributed by atoms with Crippen molar-refractivity contribution in [1.82, 2.24) is 14.1 Å². The molecule has 0 saturated heterocycles. The lowest BCUT2D eigenvalue weighted by Crippen LogP contribution is -2.15. The van der Waals surface area contributed by atoms with Crippen molar-refractivity contribution in [2.45, 2.75) is 0 Å². The second-order valence-electron chi connectivity index (χ2n) is 5.26. The summed E-state index contributed by atoms with van der Waals surface area (Å²) in [4.78, 5) is 17.3. The Labute approximate surface area is 126 Å². The van der Waals surface area contributed by atoms with Crippen LogP contribution in [0.2, 0.25) is 0 Å². The molecular weight excluding hydrogens is 276 g/mol. The SMILES string of the molecule is Cn1ccc2c(C(=O)n3c(N)nc4ccccc43)cccc21. The lowest BCUT2D eigenvalue weighted by Gasteiger charge is -2.07. The van der Waals surface area contributed by atoms with Gasteiger partial charge in [0, 0.05) is 29.7 Å². The number of benzene rings is 2. The Morgan fingerprint density at radius 1 is 1.05 bits per heavy atom. The van der Waals surface area contributed by atoms with E-state index in [1.165, 1.54) is 4.57 Å². The van der Waals surface area contributed by atoms with Crippen LogP contribution >= 0.6 is 0 Å². The fourth-order valence-electron chi connectivity index (χ4n) is 2.87. The van der Waals surface area contributed by atoms with Crippen molar-refractivity contribution in [1.29, 1.82) is 0 Å². The number of nitrogens with two attached hydrogens (primary N) is 1. The first-order valence-electron chi connectivity index (χ1n) is 6.98. The van der Waals surface area contributed by atoms with Crippen LogP contribution in [-0.4, -0.2) is 20.0 Å². The summed E-state index contributed by atoms with van der Waals surface area (Å²) in [6.45, 7) is 0. The number of para-hydroxylation sites is 2. The van der Waals surface area contributed by atoms with Gasteiger partial charge in [-0.2, -0.15) is 0 Å². The molecular formula is C17H14N4O. The molecule has 0 radical (unpaired) electrons. The van der Waals surface area contributed by atoms with Crippen LogP contribution in [0.1, 0.15) is 10.4 Å². The van der Waals surface area contributed by atoms with Gasteiger partial charge in [-0.15, -0.1) is 0 Å². The van der Waals surface area contributed by atoms with E-state index in [1.54, 1.807) is 0 Å². The van der Waals surface area contributed by atoms with Crippen molar-refractivity contribution in [2.24, 2.45) is 7.05 Å². The van der Waals surface area contributed by atoms with Gasteiger partial charge in [-0.3, -0.25) is 4.79 Å². The molecule has 22 heavy (non-hydrogen) atoms. The van der Waals surface area contributed by atoms with Crippen molar-refractivity contribution in [2.75, 3.05) is 5.73 Å². The minimum atomic E-state index is -0.164. The van der Waals surface area contributed by atoms with E-state index < -0.39 is 0 Å². The molecule has 0 aliphatic carbocycles. The van der Waals surface area contributed by atoms with Gasteiger partial charge in [0.1, 0.15) is 0 Å². The Balaban J connectivity index is 1.98. The van der Waals surface area contributed by atoms with Crippen LogP contribution < -0.4 is 5.73 Å². The average molecular weight is 290 g/mol. The van der Waals surface area contributed by atoms with E-state index in [4.69, 9.17) is 5.73 Å². The zero-order valence-electron chi connectivity index (χ0n) is 12.0. The smallest absolute Gasteiger partial charge is 0.265 e. The number of carbonyl (C=O) groups is 1. The molecule has 0 saturated carbocycles. The first kappa shape index (κ1) is 12.6. The normalized spacial score (nSPS) is 11.3. The standard InChI is InChI=1S/C17H14N4O/c1-20-10-9-11-12(5-4-8-14(11)20)16(22)21-15-7-3-2-6-13(15)19-17(21)18/h2-10H,1H3,(H2,18,19). The Morgan fingerprint density at radius 2 is 1.82 bits per heavy atom. The largest absolute Gasteiger partial charge is 0.369 e. The molecule has 0 aliphatic rings. The second-order valence-corrected chi connectivity index (χ2v) is 5.26. The molecule has 0 aliphatic heterocycles. The van der Waals surface area contributed by atoms with Gasteiger partial charge in [0.05, 0.1) is 11.0 Å². The predicted octanol–water partition coefficient (Wildman–Crippen LogP) is 2.80. The molecule has 0 fully saturated rings. The summed E-state index contributed by atoms with van der Waals surface area (Å²) in [5.74, 6) is 0.0436. The van der Waals surface area contributed by atoms with Crippen LogP contribution in [0.4, 0.5) is 5.95 Å². The third-order valence-electron chi connectivity index (χ3n) is 3.95. The average Bonchev–Trinajstić information content (AvgIpc) is 3.06. The van der Waals surface area contributed by atoms with Crippen molar-refractivity contribution < 1.29 is 4.79 Å². The van der Waals surface area contributed by atoms with E-state index in [9.17, 15) is 4.79 Å². The number of hydrogen-bond donors (Lipinski definition) is 1. The molecule has 2 aromatic carbocycles. The van der Waals surface area contributed by atoms with Crippen LogP contribution in [0.3, 0.4) is 0 Å². The highest BCUT2D eigenvalue weighted by Gasteiger charge is 2.18. The Kier molecular flexibility index (Phi) is 2.56. The van der Waals surface area contributed by atoms with E-state index >= 15 is 0 Å². The zero-order chi connectivity index (χ0) is 15.3. The Bertz CT molecular complexity index is 1030. The molecule has 4 rings (SSSR count). The van der Waals surface area contributed by atoms with Crippen LogP contribution in [-0.2, 0) is 7.05 Å². The van der Waals surface area contributed by atoms with E-state index in [0.717, 1.165) is 16.4 Å². The van der Waals surface area contributed by atoms with Crippen LogP contribution in [0.5, 0.6) is 0 Å². The van der Waals surface area contributed by atoms with Gasteiger partial charge in [-0.25, -0.2) is 9.55 Å². The van der Waals surface area contributed by atoms with Gasteiger partial charge in [0.25, 0.3) is 5.91 Å². The molecule has 0 unspecified atom stereocenters. The lowest BCUT2D eigenvalue weighted by molar-refractivity contribution is 0.0968. The number of carbonyl (C=O) groups excluding carboxylic acids is 1. The van der Waals surface area contributed by atoms with E-state index in [-0.39, 0.29) is 11.9 Å². The van der Waals surface area contributed by atoms with Crippen LogP contribution in [0.25, 0.3) is 21.9 Å². The second kappa shape index (κ2) is 4.46. The first-order chi connectivity index (χ1) is 10.7. The maximum atomic E-state index is 13.0. The fraction of sp³-hybridized carbons (Fsp3) is 0.0588. The van der Waals surface area contributed by atoms with Crippen LogP contribution in [0, 0.1) is 0 Å². The predicted molar refractivity (Wildman–Crippen MR) is 86.8 cm³/mol. The zero-order valence-corrected chi connectivity index (χ0v) is 12.0. The summed E-state index contributed by atoms with van der Waals surface area (Å²) >= 11 is 0. The molecule has 2 N–H and O–H groups in total. The fourth-order valence-corrected chi connectivity index (χ4v) is 2.87. The number of aromatic nitrogens is 3. The summed E-state index contributed by atoms with van der Waals surface area (Å²) in [6, 6.07) is 15.1. The van der Waals surface area contributed by atoms with Crippen molar-refractivity contribution in [3.05, 3.63) is 60.3 Å². The summed E-state index contributed by atoms with van der Waals surface area (Å²) < 4.78 is 3.46. The number of anilines is 1. The van der Waals surface area contributed by atoms with Crippen molar-refractivity contribution >= 4 is 33.8 Å². The van der Waals surface area contributed by atoms with E-state index in [0.29, 0.717) is 11.1 Å². The number of fused-ring (bicyclic) bond motifs is 2. The van der Waals surface area contributed by atoms with Crippen LogP contribution in [0.15, 0.2) is 54.7 Å². The maximum Gasteiger partial charge on any atom is 0.265 e. The van der Waals surface area contributed by atoms with Gasteiger partial charge in [0.2, 0.25) is 5.95 Å². The summed E-state index contributed by atoms with van der Waals surface area (Å²) in [6.07, 6.45) is 1.94. The number of aryl methyl sites for hydroxylation is 1. The maximum absolute atomic E-state index is 13.0. The molecule has 4 aromatic rings. The van der Waals surface area contributed by atoms with Crippen molar-refractivity contribution in [3.8, 4) is 0 Å². The van der Waals surface area contributed by atoms with Crippen molar-refractivity contribution in [3.63, 3.8) is 0 Å². The number of nitrogen functional groups attached to an aromatic ring is 1. The molecule has 108 valence electrons. The Morgan fingerprint density at radius 3 is 2.68 bits per heavy atom. The number of hydrogen-bond acceptors (Lipinski definition) is 3. The molecule has 5 heteroatoms. The molecule has 2 heterocycles. The summed E-state index contributed by atoms with van der Waals surface area (Å²) in [5.41, 5.74) is 9.03. The van der Waals surface area contributed by atoms with Gasteiger partial charge < -0.3 is 10.3 Å². The first-order valence-corrected chi connectivity index (χ1v) is 6.98. The Hall–Kier alpha value is -3.08. The molecule has 5 nitrogen and oxygen atoms in total. The van der Waals surface area contributed by atoms with Gasteiger partial charge in [-0.1, -0.05) is 18.2 Å². The third kappa shape index (κ3) is 1.65. The highest BCUT2D eigenvalue weighted by Crippen LogP contribution is 2.24. The van der Waals surface area contributed by atoms with Gasteiger partial charge in [0.15, 0.2) is 0 Å². The molecule has 0 atom stereocenters. The molecule has 0 bridgehead atoms. The highest BCUT2D eigenvalue weighted by atomic mass is 16.2. The summed E-state index contributed by atoms with van der Waals surface area (Å²) in [7, 11) is 1.96. The molecule has 0 amide bonds. The molecule has 2 aromatic heterocycles. The van der Waals surface area contributed by atoms with E-state index in [1.807, 2.05) is 66.3 Å². The minimum Gasteiger partial charge on any atom is -0.369 e. The number of nitrogens with zero attached hydrogens (tertiary/aromatic N) is 3. The van der Waals surface area contributed by atoms with Gasteiger partial charge in [-0.05, 0) is 30.3 Å². The third-order valence-corrected chi connectivity index (χ3v) is 3.95. The van der Waals surface area contributed by atoms with Gasteiger partial charge >= 0.3 is 0 Å². The topological polar surface area (TPSA) is 65.8 Å². The minimum absolute atomic E-state index is 0.164. The molecule has 0 spiro atoms. The monoisotopic (exact) mass is 290 g/mol.